The third-order valence-corrected chi connectivity index (χ3v) is 4.64. The van der Waals surface area contributed by atoms with Gasteiger partial charge in [-0.3, -0.25) is 14.6 Å². The maximum atomic E-state index is 12.2. The van der Waals surface area contributed by atoms with Gasteiger partial charge in [0.05, 0.1) is 0 Å². The molecular weight excluding hydrogens is 392 g/mol. The van der Waals surface area contributed by atoms with E-state index in [1.54, 1.807) is 24.3 Å². The Bertz CT molecular complexity index is 775. The maximum Gasteiger partial charge on any atom is 0.277 e. The third kappa shape index (κ3) is 5.10. The minimum Gasteiger partial charge on any atom is -0.382 e. The Morgan fingerprint density at radius 3 is 2.62 bits per heavy atom. The zero-order valence-electron chi connectivity index (χ0n) is 13.4. The first-order valence-electron chi connectivity index (χ1n) is 7.46. The average molecular weight is 411 g/mol. The summed E-state index contributed by atoms with van der Waals surface area (Å²) in [6, 6.07) is 6.78. The third-order valence-electron chi connectivity index (χ3n) is 3.20. The molecule has 0 saturated heterocycles. The van der Waals surface area contributed by atoms with Crippen molar-refractivity contribution in [3.05, 3.63) is 44.7 Å². The maximum absolute atomic E-state index is 12.2. The number of rotatable bonds is 6. The summed E-state index contributed by atoms with van der Waals surface area (Å²) in [5, 5.41) is 2.98. The van der Waals surface area contributed by atoms with Gasteiger partial charge in [-0.2, -0.15) is 0 Å². The van der Waals surface area contributed by atoms with E-state index in [0.29, 0.717) is 16.6 Å². The smallest absolute Gasteiger partial charge is 0.277 e. The van der Waals surface area contributed by atoms with Crippen LogP contribution in [0.25, 0.3) is 0 Å². The quantitative estimate of drug-likeness (QED) is 0.499. The summed E-state index contributed by atoms with van der Waals surface area (Å²) < 4.78 is 0.862. The highest BCUT2D eigenvalue weighted by Crippen LogP contribution is 2.19. The lowest BCUT2D eigenvalue weighted by atomic mass is 10.2. The predicted octanol–water partition coefficient (Wildman–Crippen LogP) is 3.51. The largest absolute Gasteiger partial charge is 0.382 e. The fourth-order valence-corrected chi connectivity index (χ4v) is 3.21. The first kappa shape index (κ1) is 18.5. The molecule has 0 aliphatic carbocycles. The fraction of sp³-hybridized carbons (Fsp3) is 0.312. The topological polar surface area (TPSA) is 101 Å². The number of aromatic amines is 1. The standard InChI is InChI=1S/C16H19BrN4O2S/c1-9(2)7-8-24-16-20-13(18)12(15(23)21-16)19-14(22)10-3-5-11(17)6-4-10/h3-6,9H,7-8H2,1-2H3,(H,19,22)(H3,18,20,21,23). The Morgan fingerprint density at radius 2 is 2.04 bits per heavy atom. The highest BCUT2D eigenvalue weighted by molar-refractivity contribution is 9.10. The van der Waals surface area contributed by atoms with Crippen LogP contribution < -0.4 is 16.6 Å². The van der Waals surface area contributed by atoms with Crippen molar-refractivity contribution in [3.8, 4) is 0 Å². The Hall–Kier alpha value is -1.80. The minimum absolute atomic E-state index is 0.0104. The monoisotopic (exact) mass is 410 g/mol. The first-order chi connectivity index (χ1) is 11.4. The zero-order chi connectivity index (χ0) is 17.7. The molecule has 1 aromatic carbocycles. The summed E-state index contributed by atoms with van der Waals surface area (Å²) in [5.41, 5.74) is 5.77. The molecule has 1 aromatic heterocycles. The molecule has 0 bridgehead atoms. The SMILES string of the molecule is CC(C)CCSc1nc(N)c(NC(=O)c2ccc(Br)cc2)c(=O)[nH]1. The lowest BCUT2D eigenvalue weighted by Gasteiger charge is -2.09. The van der Waals surface area contributed by atoms with Gasteiger partial charge in [-0.15, -0.1) is 0 Å². The summed E-state index contributed by atoms with van der Waals surface area (Å²) in [4.78, 5) is 31.2. The van der Waals surface area contributed by atoms with Gasteiger partial charge >= 0.3 is 0 Å². The number of benzene rings is 1. The van der Waals surface area contributed by atoms with Crippen molar-refractivity contribution in [1.29, 1.82) is 0 Å². The molecule has 2 rings (SSSR count). The van der Waals surface area contributed by atoms with Gasteiger partial charge < -0.3 is 11.1 Å². The van der Waals surface area contributed by atoms with E-state index < -0.39 is 11.5 Å². The van der Waals surface area contributed by atoms with E-state index in [4.69, 9.17) is 5.73 Å². The van der Waals surface area contributed by atoms with E-state index in [9.17, 15) is 9.59 Å². The van der Waals surface area contributed by atoms with E-state index in [0.717, 1.165) is 16.6 Å². The van der Waals surface area contributed by atoms with Gasteiger partial charge in [-0.05, 0) is 36.6 Å². The molecule has 24 heavy (non-hydrogen) atoms. The summed E-state index contributed by atoms with van der Waals surface area (Å²) in [5.74, 6) is 1.01. The zero-order valence-corrected chi connectivity index (χ0v) is 15.8. The van der Waals surface area contributed by atoms with Gasteiger partial charge in [0, 0.05) is 15.8 Å². The molecule has 0 fully saturated rings. The van der Waals surface area contributed by atoms with Gasteiger partial charge in [0.2, 0.25) is 0 Å². The number of amides is 1. The van der Waals surface area contributed by atoms with Crippen LogP contribution in [-0.2, 0) is 0 Å². The molecule has 0 spiro atoms. The normalized spacial score (nSPS) is 10.8. The van der Waals surface area contributed by atoms with Crippen LogP contribution in [0.15, 0.2) is 38.7 Å². The number of hydrogen-bond donors (Lipinski definition) is 3. The Balaban J connectivity index is 2.12. The van der Waals surface area contributed by atoms with Crippen LogP contribution >= 0.6 is 27.7 Å². The molecule has 2 aromatic rings. The van der Waals surface area contributed by atoms with E-state index in [1.165, 1.54) is 11.8 Å². The second kappa shape index (κ2) is 8.34. The second-order valence-corrected chi connectivity index (χ2v) is 7.62. The van der Waals surface area contributed by atoms with Crippen LogP contribution in [0.1, 0.15) is 30.6 Å². The predicted molar refractivity (Wildman–Crippen MR) is 102 cm³/mol. The van der Waals surface area contributed by atoms with E-state index >= 15 is 0 Å². The Kier molecular flexibility index (Phi) is 6.44. The second-order valence-electron chi connectivity index (χ2n) is 5.62. The summed E-state index contributed by atoms with van der Waals surface area (Å²) in [6.07, 6.45) is 1.01. The number of nitrogens with zero attached hydrogens (tertiary/aromatic N) is 1. The van der Waals surface area contributed by atoms with Crippen LogP contribution in [0, 0.1) is 5.92 Å². The number of aromatic nitrogens is 2. The van der Waals surface area contributed by atoms with Crippen molar-refractivity contribution in [3.63, 3.8) is 0 Å². The van der Waals surface area contributed by atoms with Crippen LogP contribution in [-0.4, -0.2) is 21.6 Å². The number of nitrogens with one attached hydrogen (secondary N) is 2. The van der Waals surface area contributed by atoms with E-state index in [1.807, 2.05) is 0 Å². The number of thioether (sulfide) groups is 1. The van der Waals surface area contributed by atoms with Crippen LogP contribution in [0.4, 0.5) is 11.5 Å². The van der Waals surface area contributed by atoms with E-state index in [2.05, 4.69) is 45.1 Å². The molecule has 1 amide bonds. The van der Waals surface area contributed by atoms with Crippen molar-refractivity contribution in [1.82, 2.24) is 9.97 Å². The lowest BCUT2D eigenvalue weighted by molar-refractivity contribution is 0.102. The molecule has 8 heteroatoms. The molecule has 0 radical (unpaired) electrons. The molecule has 6 nitrogen and oxygen atoms in total. The van der Waals surface area contributed by atoms with Crippen LogP contribution in [0.2, 0.25) is 0 Å². The molecule has 1 heterocycles. The van der Waals surface area contributed by atoms with Gasteiger partial charge in [0.15, 0.2) is 11.0 Å². The Labute approximate surface area is 152 Å². The minimum atomic E-state index is -0.458. The first-order valence-corrected chi connectivity index (χ1v) is 9.24. The van der Waals surface area contributed by atoms with Crippen LogP contribution in [0.5, 0.6) is 0 Å². The highest BCUT2D eigenvalue weighted by atomic mass is 79.9. The molecule has 0 aliphatic rings. The molecule has 4 N–H and O–H groups in total. The number of nitrogen functional groups attached to an aromatic ring is 1. The number of nitrogens with two attached hydrogens (primary N) is 1. The number of carbonyl (C=O) groups is 1. The molecule has 0 saturated carbocycles. The van der Waals surface area contributed by atoms with Crippen molar-refractivity contribution >= 4 is 45.1 Å². The number of carbonyl (C=O) groups excluding carboxylic acids is 1. The van der Waals surface area contributed by atoms with Crippen molar-refractivity contribution in [2.75, 3.05) is 16.8 Å². The molecule has 0 unspecified atom stereocenters. The average Bonchev–Trinajstić information content (AvgIpc) is 2.51. The van der Waals surface area contributed by atoms with Gasteiger partial charge in [0.25, 0.3) is 11.5 Å². The highest BCUT2D eigenvalue weighted by Gasteiger charge is 2.14. The van der Waals surface area contributed by atoms with Crippen LogP contribution in [0.3, 0.4) is 0 Å². The number of hydrogen-bond acceptors (Lipinski definition) is 5. The van der Waals surface area contributed by atoms with Gasteiger partial charge in [-0.25, -0.2) is 4.98 Å². The van der Waals surface area contributed by atoms with Crippen molar-refractivity contribution < 1.29 is 4.79 Å². The summed E-state index contributed by atoms with van der Waals surface area (Å²) >= 11 is 4.74. The Morgan fingerprint density at radius 1 is 1.38 bits per heavy atom. The number of halogens is 1. The van der Waals surface area contributed by atoms with Gasteiger partial charge in [0.1, 0.15) is 5.69 Å². The van der Waals surface area contributed by atoms with Crippen molar-refractivity contribution in [2.24, 2.45) is 5.92 Å². The summed E-state index contributed by atoms with van der Waals surface area (Å²) in [6.45, 7) is 4.26. The number of H-pyrrole nitrogens is 1. The fourth-order valence-electron chi connectivity index (χ4n) is 1.84. The summed E-state index contributed by atoms with van der Waals surface area (Å²) in [7, 11) is 0. The number of anilines is 2. The molecule has 128 valence electrons. The van der Waals surface area contributed by atoms with E-state index in [-0.39, 0.29) is 11.5 Å². The molecule has 0 atom stereocenters. The molecule has 0 aliphatic heterocycles. The van der Waals surface area contributed by atoms with Crippen molar-refractivity contribution in [2.45, 2.75) is 25.4 Å². The lowest BCUT2D eigenvalue weighted by Crippen LogP contribution is -2.23. The van der Waals surface area contributed by atoms with Gasteiger partial charge in [-0.1, -0.05) is 41.5 Å². The molecular formula is C16H19BrN4O2S.